The van der Waals surface area contributed by atoms with Crippen LogP contribution >= 0.6 is 11.3 Å². The number of nitrogens with one attached hydrogen (secondary N) is 1. The number of aryl methyl sites for hydroxylation is 1. The summed E-state index contributed by atoms with van der Waals surface area (Å²) >= 11 is 1.24. The topological polar surface area (TPSA) is 121 Å². The van der Waals surface area contributed by atoms with E-state index in [0.29, 0.717) is 10.6 Å². The summed E-state index contributed by atoms with van der Waals surface area (Å²) in [6.07, 6.45) is 1.44. The summed E-state index contributed by atoms with van der Waals surface area (Å²) in [5.74, 6) is -1.86. The van der Waals surface area contributed by atoms with Gasteiger partial charge >= 0.3 is 11.9 Å². The zero-order chi connectivity index (χ0) is 18.6. The Hall–Kier alpha value is -2.94. The van der Waals surface area contributed by atoms with Gasteiger partial charge in [0.1, 0.15) is 16.4 Å². The maximum atomic E-state index is 12.0. The molecule has 2 heterocycles. The Morgan fingerprint density at radius 2 is 2.00 bits per heavy atom. The molecule has 132 valence electrons. The number of amides is 1. The molecular formula is C16H17N3O5S. The van der Waals surface area contributed by atoms with Gasteiger partial charge < -0.3 is 20.5 Å². The lowest BCUT2D eigenvalue weighted by molar-refractivity contribution is -0.119. The summed E-state index contributed by atoms with van der Waals surface area (Å²) in [4.78, 5) is 40.5. The monoisotopic (exact) mass is 363 g/mol. The smallest absolute Gasteiger partial charge is 0.342 e. The standard InChI is InChI=1S/C16H17N3O5S/c1-8-9(2)25-14(12(8)16(22)23-3)19-11(20)7-24-15(21)10-5-4-6-18-13(10)17/h4-6H,7H2,1-3H3,(H2,17,18)(H,19,20). The van der Waals surface area contributed by atoms with Gasteiger partial charge in [-0.1, -0.05) is 0 Å². The number of carbonyl (C=O) groups excluding carboxylic acids is 3. The van der Waals surface area contributed by atoms with Gasteiger partial charge in [-0.15, -0.1) is 11.3 Å². The second-order valence-corrected chi connectivity index (χ2v) is 6.26. The van der Waals surface area contributed by atoms with Gasteiger partial charge in [-0.05, 0) is 31.5 Å². The number of nitrogen functional groups attached to an aromatic ring is 1. The number of esters is 2. The molecule has 9 heteroatoms. The van der Waals surface area contributed by atoms with Crippen LogP contribution in [0.3, 0.4) is 0 Å². The van der Waals surface area contributed by atoms with Crippen LogP contribution in [0.15, 0.2) is 18.3 Å². The minimum Gasteiger partial charge on any atom is -0.465 e. The van der Waals surface area contributed by atoms with Crippen LogP contribution in [0.5, 0.6) is 0 Å². The Labute approximate surface area is 148 Å². The number of hydrogen-bond acceptors (Lipinski definition) is 8. The van der Waals surface area contributed by atoms with Crippen LogP contribution in [-0.4, -0.2) is 36.5 Å². The van der Waals surface area contributed by atoms with Crippen LogP contribution in [0.4, 0.5) is 10.8 Å². The van der Waals surface area contributed by atoms with E-state index in [4.69, 9.17) is 15.2 Å². The molecule has 3 N–H and O–H groups in total. The van der Waals surface area contributed by atoms with E-state index in [1.165, 1.54) is 36.8 Å². The highest BCUT2D eigenvalue weighted by Crippen LogP contribution is 2.32. The van der Waals surface area contributed by atoms with Gasteiger partial charge in [-0.2, -0.15) is 0 Å². The molecule has 0 unspecified atom stereocenters. The van der Waals surface area contributed by atoms with E-state index >= 15 is 0 Å². The Balaban J connectivity index is 2.04. The number of thiophene rings is 1. The predicted molar refractivity (Wildman–Crippen MR) is 92.7 cm³/mol. The van der Waals surface area contributed by atoms with E-state index in [1.54, 1.807) is 6.92 Å². The van der Waals surface area contributed by atoms with E-state index in [-0.39, 0.29) is 11.4 Å². The summed E-state index contributed by atoms with van der Waals surface area (Å²) in [7, 11) is 1.26. The van der Waals surface area contributed by atoms with Crippen LogP contribution in [0, 0.1) is 13.8 Å². The number of methoxy groups -OCH3 is 1. The normalized spacial score (nSPS) is 10.2. The van der Waals surface area contributed by atoms with Gasteiger partial charge in [0, 0.05) is 11.1 Å². The lowest BCUT2D eigenvalue weighted by Gasteiger charge is -2.08. The first-order valence-corrected chi connectivity index (χ1v) is 8.02. The van der Waals surface area contributed by atoms with Gasteiger partial charge in [0.15, 0.2) is 6.61 Å². The summed E-state index contributed by atoms with van der Waals surface area (Å²) in [5.41, 5.74) is 6.68. The molecule has 2 aromatic rings. The highest BCUT2D eigenvalue weighted by molar-refractivity contribution is 7.16. The first kappa shape index (κ1) is 18.4. The maximum Gasteiger partial charge on any atom is 0.342 e. The number of nitrogens with two attached hydrogens (primary N) is 1. The molecule has 2 rings (SSSR count). The summed E-state index contributed by atoms with van der Waals surface area (Å²) in [6.45, 7) is 3.07. The largest absolute Gasteiger partial charge is 0.465 e. The molecule has 8 nitrogen and oxygen atoms in total. The Morgan fingerprint density at radius 1 is 1.28 bits per heavy atom. The number of nitrogens with zero attached hydrogens (tertiary/aromatic N) is 1. The molecule has 2 aromatic heterocycles. The van der Waals surface area contributed by atoms with E-state index < -0.39 is 24.5 Å². The quantitative estimate of drug-likeness (QED) is 0.779. The van der Waals surface area contributed by atoms with E-state index in [9.17, 15) is 14.4 Å². The number of carbonyl (C=O) groups is 3. The average molecular weight is 363 g/mol. The number of rotatable bonds is 5. The van der Waals surface area contributed by atoms with Crippen molar-refractivity contribution in [2.75, 3.05) is 24.8 Å². The van der Waals surface area contributed by atoms with Crippen LogP contribution in [0.25, 0.3) is 0 Å². The van der Waals surface area contributed by atoms with Gasteiger partial charge in [0.25, 0.3) is 5.91 Å². The van der Waals surface area contributed by atoms with Gasteiger partial charge in [0.2, 0.25) is 0 Å². The molecule has 0 fully saturated rings. The zero-order valence-corrected chi connectivity index (χ0v) is 14.7. The van der Waals surface area contributed by atoms with Crippen LogP contribution in [-0.2, 0) is 14.3 Å². The van der Waals surface area contributed by atoms with Crippen molar-refractivity contribution in [3.63, 3.8) is 0 Å². The van der Waals surface area contributed by atoms with Crippen molar-refractivity contribution in [3.05, 3.63) is 39.9 Å². The number of aromatic nitrogens is 1. The molecule has 0 saturated heterocycles. The Kier molecular flexibility index (Phi) is 5.71. The Bertz CT molecular complexity index is 831. The maximum absolute atomic E-state index is 12.0. The fraction of sp³-hybridized carbons (Fsp3) is 0.250. The number of hydrogen-bond donors (Lipinski definition) is 2. The number of pyridine rings is 1. The van der Waals surface area contributed by atoms with Crippen molar-refractivity contribution < 1.29 is 23.9 Å². The second-order valence-electron chi connectivity index (χ2n) is 5.04. The molecule has 0 aliphatic rings. The lowest BCUT2D eigenvalue weighted by Crippen LogP contribution is -2.22. The van der Waals surface area contributed by atoms with Crippen molar-refractivity contribution in [2.24, 2.45) is 0 Å². The third-order valence-electron chi connectivity index (χ3n) is 3.42. The van der Waals surface area contributed by atoms with E-state index in [1.807, 2.05) is 6.92 Å². The third kappa shape index (κ3) is 4.13. The molecule has 25 heavy (non-hydrogen) atoms. The summed E-state index contributed by atoms with van der Waals surface area (Å²) in [6, 6.07) is 2.98. The fourth-order valence-electron chi connectivity index (χ4n) is 2.02. The van der Waals surface area contributed by atoms with Gasteiger partial charge in [-0.25, -0.2) is 14.6 Å². The molecule has 0 radical (unpaired) electrons. The summed E-state index contributed by atoms with van der Waals surface area (Å²) in [5, 5.41) is 2.91. The lowest BCUT2D eigenvalue weighted by atomic mass is 10.1. The minimum atomic E-state index is -0.757. The third-order valence-corrected chi connectivity index (χ3v) is 4.54. The van der Waals surface area contributed by atoms with Crippen molar-refractivity contribution in [1.82, 2.24) is 4.98 Å². The first-order chi connectivity index (χ1) is 11.8. The van der Waals surface area contributed by atoms with Crippen LogP contribution in [0.2, 0.25) is 0 Å². The highest BCUT2D eigenvalue weighted by Gasteiger charge is 2.22. The van der Waals surface area contributed by atoms with E-state index in [0.717, 1.165) is 10.4 Å². The first-order valence-electron chi connectivity index (χ1n) is 7.21. The zero-order valence-electron chi connectivity index (χ0n) is 13.9. The van der Waals surface area contributed by atoms with E-state index in [2.05, 4.69) is 10.3 Å². The SMILES string of the molecule is COC(=O)c1c(NC(=O)COC(=O)c2cccnc2N)sc(C)c1C. The van der Waals surface area contributed by atoms with Gasteiger partial charge in [-0.3, -0.25) is 4.79 Å². The van der Waals surface area contributed by atoms with Crippen molar-refractivity contribution in [3.8, 4) is 0 Å². The van der Waals surface area contributed by atoms with Gasteiger partial charge in [0.05, 0.1) is 12.7 Å². The van der Waals surface area contributed by atoms with Crippen molar-refractivity contribution in [2.45, 2.75) is 13.8 Å². The minimum absolute atomic E-state index is 0.0189. The summed E-state index contributed by atoms with van der Waals surface area (Å²) < 4.78 is 9.66. The average Bonchev–Trinajstić information content (AvgIpc) is 2.86. The number of ether oxygens (including phenoxy) is 2. The molecule has 1 amide bonds. The van der Waals surface area contributed by atoms with Crippen LogP contribution < -0.4 is 11.1 Å². The molecule has 0 bridgehead atoms. The fourth-order valence-corrected chi connectivity index (χ4v) is 3.09. The van der Waals surface area contributed by atoms with Crippen LogP contribution in [0.1, 0.15) is 31.2 Å². The molecule has 0 atom stereocenters. The Morgan fingerprint density at radius 3 is 2.64 bits per heavy atom. The van der Waals surface area contributed by atoms with Crippen molar-refractivity contribution >= 4 is 40.0 Å². The second kappa shape index (κ2) is 7.75. The van der Waals surface area contributed by atoms with Crippen molar-refractivity contribution in [1.29, 1.82) is 0 Å². The highest BCUT2D eigenvalue weighted by atomic mass is 32.1. The molecule has 0 saturated carbocycles. The predicted octanol–water partition coefficient (Wildman–Crippen LogP) is 1.92. The molecular weight excluding hydrogens is 346 g/mol. The molecule has 0 aromatic carbocycles. The molecule has 0 aliphatic carbocycles. The molecule has 0 aliphatic heterocycles. The molecule has 0 spiro atoms. The number of anilines is 2.